The first-order chi connectivity index (χ1) is 16.7. The summed E-state index contributed by atoms with van der Waals surface area (Å²) >= 11 is 0. The van der Waals surface area contributed by atoms with Crippen LogP contribution in [0.1, 0.15) is 97.3 Å². The van der Waals surface area contributed by atoms with Gasteiger partial charge in [0.25, 0.3) is 0 Å². The summed E-state index contributed by atoms with van der Waals surface area (Å²) in [6.07, 6.45) is 6.74. The van der Waals surface area contributed by atoms with Gasteiger partial charge in [0.1, 0.15) is 0 Å². The molecule has 0 aromatic heterocycles. The van der Waals surface area contributed by atoms with E-state index in [0.29, 0.717) is 6.42 Å². The second-order valence-electron chi connectivity index (χ2n) is 12.9. The molecule has 1 saturated heterocycles. The van der Waals surface area contributed by atoms with Gasteiger partial charge in [-0.2, -0.15) is 0 Å². The molecule has 5 nitrogen and oxygen atoms in total. The molecule has 0 bridgehead atoms. The Kier molecular flexibility index (Phi) is 11.7. The van der Waals surface area contributed by atoms with Crippen LogP contribution in [-0.4, -0.2) is 40.9 Å². The molecular weight excluding hydrogens is 468 g/mol. The second kappa shape index (κ2) is 13.5. The fraction of sp³-hybridized carbons (Fsp3) is 0.767. The quantitative estimate of drug-likeness (QED) is 0.196. The van der Waals surface area contributed by atoms with Gasteiger partial charge in [-0.25, -0.2) is 0 Å². The predicted molar refractivity (Wildman–Crippen MR) is 150 cm³/mol. The highest BCUT2D eigenvalue weighted by molar-refractivity contribution is 6.74. The zero-order chi connectivity index (χ0) is 27.0. The Morgan fingerprint density at radius 1 is 1.17 bits per heavy atom. The lowest BCUT2D eigenvalue weighted by molar-refractivity contribution is -0.191. The zero-order valence-corrected chi connectivity index (χ0v) is 25.4. The number of benzene rings is 1. The highest BCUT2D eigenvalue weighted by atomic mass is 28.4. The lowest BCUT2D eigenvalue weighted by atomic mass is 9.87. The molecule has 1 aromatic rings. The minimum Gasteiger partial charge on any atom is -0.469 e. The zero-order valence-electron chi connectivity index (χ0n) is 24.4. The first-order valence-electron chi connectivity index (χ1n) is 13.8. The third kappa shape index (κ3) is 9.92. The minimum atomic E-state index is -1.76. The van der Waals surface area contributed by atoms with Crippen LogP contribution in [0.5, 0.6) is 0 Å². The molecule has 0 aliphatic carbocycles. The molecule has 1 fully saturated rings. The third-order valence-corrected chi connectivity index (χ3v) is 12.4. The molecule has 1 aliphatic rings. The second-order valence-corrected chi connectivity index (χ2v) is 17.7. The lowest BCUT2D eigenvalue weighted by Gasteiger charge is -2.39. The summed E-state index contributed by atoms with van der Waals surface area (Å²) in [5.74, 6) is -0.348. The SMILES string of the molecule is COC(=O)[C@@H](C)Cc1cccc(C(CCCC(C)(C)CO[Si](C)(C)C(C)(C)C)OC2CCCCO2)c1. The van der Waals surface area contributed by atoms with E-state index in [-0.39, 0.29) is 34.7 Å². The van der Waals surface area contributed by atoms with E-state index in [9.17, 15) is 4.79 Å². The molecule has 2 rings (SSSR count). The van der Waals surface area contributed by atoms with Crippen LogP contribution in [0.2, 0.25) is 18.1 Å². The van der Waals surface area contributed by atoms with Gasteiger partial charge in [0.2, 0.25) is 0 Å². The van der Waals surface area contributed by atoms with E-state index >= 15 is 0 Å². The minimum absolute atomic E-state index is 0.0291. The fourth-order valence-electron chi connectivity index (χ4n) is 4.30. The van der Waals surface area contributed by atoms with Crippen molar-refractivity contribution < 1.29 is 23.4 Å². The average Bonchev–Trinajstić information content (AvgIpc) is 2.82. The van der Waals surface area contributed by atoms with Gasteiger partial charge in [-0.3, -0.25) is 4.79 Å². The number of hydrogen-bond acceptors (Lipinski definition) is 5. The smallest absolute Gasteiger partial charge is 0.308 e. The summed E-state index contributed by atoms with van der Waals surface area (Å²) in [7, 11) is -0.316. The van der Waals surface area contributed by atoms with Crippen LogP contribution in [0.15, 0.2) is 24.3 Å². The van der Waals surface area contributed by atoms with Crippen molar-refractivity contribution in [2.75, 3.05) is 20.3 Å². The van der Waals surface area contributed by atoms with Crippen molar-refractivity contribution >= 4 is 14.3 Å². The first-order valence-corrected chi connectivity index (χ1v) is 16.7. The summed E-state index contributed by atoms with van der Waals surface area (Å²) in [5, 5.41) is 0.221. The Labute approximate surface area is 221 Å². The van der Waals surface area contributed by atoms with Crippen molar-refractivity contribution in [1.29, 1.82) is 0 Å². The molecule has 0 N–H and O–H groups in total. The summed E-state index contributed by atoms with van der Waals surface area (Å²) in [5.41, 5.74) is 2.40. The van der Waals surface area contributed by atoms with Crippen molar-refractivity contribution in [3.05, 3.63) is 35.4 Å². The van der Waals surface area contributed by atoms with Gasteiger partial charge in [-0.05, 0) is 79.6 Å². The molecular formula is C30H52O5Si. The Morgan fingerprint density at radius 3 is 2.50 bits per heavy atom. The number of methoxy groups -OCH3 is 1. The Hall–Kier alpha value is -1.21. The molecule has 1 heterocycles. The van der Waals surface area contributed by atoms with Gasteiger partial charge in [0, 0.05) is 13.2 Å². The average molecular weight is 521 g/mol. The van der Waals surface area contributed by atoms with Gasteiger partial charge < -0.3 is 18.6 Å². The highest BCUT2D eigenvalue weighted by Crippen LogP contribution is 2.39. The molecule has 36 heavy (non-hydrogen) atoms. The molecule has 0 amide bonds. The van der Waals surface area contributed by atoms with Crippen molar-refractivity contribution in [3.63, 3.8) is 0 Å². The molecule has 3 atom stereocenters. The Bertz CT molecular complexity index is 808. The summed E-state index contributed by atoms with van der Waals surface area (Å²) < 4.78 is 23.9. The van der Waals surface area contributed by atoms with Gasteiger partial charge in [0.15, 0.2) is 14.6 Å². The van der Waals surface area contributed by atoms with Gasteiger partial charge >= 0.3 is 5.97 Å². The van der Waals surface area contributed by atoms with Crippen molar-refractivity contribution in [2.24, 2.45) is 11.3 Å². The molecule has 6 heteroatoms. The van der Waals surface area contributed by atoms with E-state index in [1.165, 1.54) is 7.11 Å². The number of hydrogen-bond donors (Lipinski definition) is 0. The van der Waals surface area contributed by atoms with E-state index < -0.39 is 8.32 Å². The molecule has 0 spiro atoms. The van der Waals surface area contributed by atoms with Crippen LogP contribution >= 0.6 is 0 Å². The maximum Gasteiger partial charge on any atom is 0.308 e. The van der Waals surface area contributed by atoms with E-state index in [1.54, 1.807) is 0 Å². The van der Waals surface area contributed by atoms with Crippen molar-refractivity contribution in [2.45, 2.75) is 117 Å². The van der Waals surface area contributed by atoms with Crippen molar-refractivity contribution in [3.8, 4) is 0 Å². The highest BCUT2D eigenvalue weighted by Gasteiger charge is 2.38. The van der Waals surface area contributed by atoms with Gasteiger partial charge in [0.05, 0.1) is 19.1 Å². The standard InChI is InChI=1S/C30H52O5Si/c1-23(28(31)32-7)20-24-14-12-15-25(21-24)26(35-27-17-10-11-19-33-27)16-13-18-30(5,6)22-34-36(8,9)29(2,3)4/h12,14-15,21,23,26-27H,10-11,13,16-20,22H2,1-9H3/t23-,26?,27?/m0/s1. The van der Waals surface area contributed by atoms with E-state index in [4.69, 9.17) is 18.6 Å². The third-order valence-electron chi connectivity index (χ3n) is 7.87. The van der Waals surface area contributed by atoms with Crippen LogP contribution in [0.4, 0.5) is 0 Å². The molecule has 0 saturated carbocycles. The number of carbonyl (C=O) groups is 1. The number of rotatable bonds is 13. The predicted octanol–water partition coefficient (Wildman–Crippen LogP) is 7.84. The van der Waals surface area contributed by atoms with Crippen LogP contribution in [-0.2, 0) is 29.9 Å². The molecule has 2 unspecified atom stereocenters. The Balaban J connectivity index is 2.06. The van der Waals surface area contributed by atoms with E-state index in [0.717, 1.165) is 62.9 Å². The number of carbonyl (C=O) groups excluding carboxylic acids is 1. The summed E-state index contributed by atoms with van der Waals surface area (Å²) in [6, 6.07) is 8.49. The number of esters is 1. The topological polar surface area (TPSA) is 54.0 Å². The van der Waals surface area contributed by atoms with E-state index in [1.807, 2.05) is 6.92 Å². The fourth-order valence-corrected chi connectivity index (χ4v) is 5.49. The number of ether oxygens (including phenoxy) is 3. The monoisotopic (exact) mass is 520 g/mol. The Morgan fingerprint density at radius 2 is 1.89 bits per heavy atom. The first kappa shape index (κ1) is 31.0. The van der Waals surface area contributed by atoms with Crippen LogP contribution in [0, 0.1) is 11.3 Å². The van der Waals surface area contributed by atoms with E-state index in [2.05, 4.69) is 72.0 Å². The normalized spacial score (nSPS) is 19.1. The largest absolute Gasteiger partial charge is 0.469 e. The molecule has 1 aliphatic heterocycles. The maximum atomic E-state index is 11.9. The van der Waals surface area contributed by atoms with Crippen molar-refractivity contribution in [1.82, 2.24) is 0 Å². The van der Waals surface area contributed by atoms with Crippen LogP contribution in [0.25, 0.3) is 0 Å². The van der Waals surface area contributed by atoms with Gasteiger partial charge in [-0.15, -0.1) is 0 Å². The van der Waals surface area contributed by atoms with Crippen LogP contribution < -0.4 is 0 Å². The molecule has 0 radical (unpaired) electrons. The molecule has 1 aromatic carbocycles. The lowest BCUT2D eigenvalue weighted by Crippen LogP contribution is -2.43. The van der Waals surface area contributed by atoms with Crippen LogP contribution in [0.3, 0.4) is 0 Å². The molecule has 206 valence electrons. The summed E-state index contributed by atoms with van der Waals surface area (Å²) in [6.45, 7) is 19.6. The maximum absolute atomic E-state index is 11.9. The van der Waals surface area contributed by atoms with Gasteiger partial charge in [-0.1, -0.05) is 65.8 Å². The summed E-state index contributed by atoms with van der Waals surface area (Å²) in [4.78, 5) is 11.9.